The Morgan fingerprint density at radius 1 is 1.28 bits per heavy atom. The monoisotopic (exact) mass is 404 g/mol. The summed E-state index contributed by atoms with van der Waals surface area (Å²) in [4.78, 5) is 29.8. The van der Waals surface area contributed by atoms with Crippen molar-refractivity contribution in [2.24, 2.45) is 10.9 Å². The van der Waals surface area contributed by atoms with E-state index in [1.807, 2.05) is 6.21 Å². The summed E-state index contributed by atoms with van der Waals surface area (Å²) in [6.45, 7) is 1.42. The van der Waals surface area contributed by atoms with E-state index in [9.17, 15) is 19.8 Å². The molecule has 0 radical (unpaired) electrons. The van der Waals surface area contributed by atoms with Gasteiger partial charge in [-0.1, -0.05) is 6.07 Å². The van der Waals surface area contributed by atoms with Crippen LogP contribution < -0.4 is 4.74 Å². The van der Waals surface area contributed by atoms with Crippen molar-refractivity contribution >= 4 is 25.2 Å². The lowest BCUT2D eigenvalue weighted by atomic mass is 9.82. The van der Waals surface area contributed by atoms with Gasteiger partial charge in [0.2, 0.25) is 5.91 Å². The number of aromatic carboxylic acids is 1. The number of aryl methyl sites for hydroxylation is 1. The molecular weight excluding hydrogens is 379 g/mol. The molecule has 10 heteroatoms. The lowest BCUT2D eigenvalue weighted by Crippen LogP contribution is -2.56. The topological polar surface area (TPSA) is 140 Å². The number of nitrogens with zero attached hydrogens (tertiary/aromatic N) is 2. The molecule has 0 aromatic heterocycles. The zero-order chi connectivity index (χ0) is 21.0. The SMILES string of the molecule is O=C(O)c1c(OC2CN(C(=O)CC3CCC=NC3)C2)ccc(CCB(O)O)c1O. The summed E-state index contributed by atoms with van der Waals surface area (Å²) >= 11 is 0. The van der Waals surface area contributed by atoms with E-state index >= 15 is 0 Å². The smallest absolute Gasteiger partial charge is 0.451 e. The Bertz CT molecular complexity index is 793. The van der Waals surface area contributed by atoms with Gasteiger partial charge in [0.1, 0.15) is 23.2 Å². The van der Waals surface area contributed by atoms with Gasteiger partial charge in [-0.3, -0.25) is 9.79 Å². The first kappa shape index (κ1) is 21.1. The maximum Gasteiger partial charge on any atom is 0.451 e. The summed E-state index contributed by atoms with van der Waals surface area (Å²) in [7, 11) is -1.54. The van der Waals surface area contributed by atoms with Crippen LogP contribution in [0.5, 0.6) is 11.5 Å². The van der Waals surface area contributed by atoms with Gasteiger partial charge in [-0.15, -0.1) is 0 Å². The average Bonchev–Trinajstić information content (AvgIpc) is 2.63. The molecule has 0 aliphatic carbocycles. The van der Waals surface area contributed by atoms with Crippen molar-refractivity contribution in [3.63, 3.8) is 0 Å². The van der Waals surface area contributed by atoms with Crippen LogP contribution in [-0.2, 0) is 11.2 Å². The van der Waals surface area contributed by atoms with Crippen molar-refractivity contribution in [2.75, 3.05) is 19.6 Å². The van der Waals surface area contributed by atoms with E-state index in [0.717, 1.165) is 12.8 Å². The van der Waals surface area contributed by atoms with Crippen LogP contribution in [0.15, 0.2) is 17.1 Å². The van der Waals surface area contributed by atoms with Gasteiger partial charge in [0.15, 0.2) is 0 Å². The molecule has 0 spiro atoms. The number of hydrogen-bond donors (Lipinski definition) is 4. The molecule has 0 saturated carbocycles. The fourth-order valence-electron chi connectivity index (χ4n) is 3.56. The van der Waals surface area contributed by atoms with Crippen LogP contribution in [0.4, 0.5) is 0 Å². The van der Waals surface area contributed by atoms with Crippen molar-refractivity contribution in [3.05, 3.63) is 23.3 Å². The van der Waals surface area contributed by atoms with Crippen molar-refractivity contribution in [2.45, 2.75) is 38.1 Å². The minimum absolute atomic E-state index is 0.0289. The molecule has 1 amide bonds. The van der Waals surface area contributed by atoms with Crippen LogP contribution in [0.1, 0.15) is 35.2 Å². The van der Waals surface area contributed by atoms with Gasteiger partial charge in [-0.25, -0.2) is 4.79 Å². The highest BCUT2D eigenvalue weighted by molar-refractivity contribution is 6.41. The molecule has 2 aliphatic rings. The van der Waals surface area contributed by atoms with Crippen LogP contribution >= 0.6 is 0 Å². The number of benzene rings is 1. The molecule has 2 heterocycles. The lowest BCUT2D eigenvalue weighted by molar-refractivity contribution is -0.141. The van der Waals surface area contributed by atoms with Crippen molar-refractivity contribution in [1.29, 1.82) is 0 Å². The quantitative estimate of drug-likeness (QED) is 0.465. The Morgan fingerprint density at radius 3 is 2.66 bits per heavy atom. The van der Waals surface area contributed by atoms with E-state index in [2.05, 4.69) is 4.99 Å². The Kier molecular flexibility index (Phi) is 6.76. The number of ether oxygens (including phenoxy) is 1. The highest BCUT2D eigenvalue weighted by atomic mass is 16.5. The number of phenols is 1. The lowest BCUT2D eigenvalue weighted by Gasteiger charge is -2.40. The summed E-state index contributed by atoms with van der Waals surface area (Å²) in [6, 6.07) is 2.96. The molecule has 1 aromatic carbocycles. The maximum atomic E-state index is 12.3. The number of carbonyl (C=O) groups excluding carboxylic acids is 1. The highest BCUT2D eigenvalue weighted by Gasteiger charge is 2.34. The number of hydrogen-bond acceptors (Lipinski definition) is 7. The Hall–Kier alpha value is -2.59. The molecule has 1 fully saturated rings. The van der Waals surface area contributed by atoms with Crippen molar-refractivity contribution in [3.8, 4) is 11.5 Å². The summed E-state index contributed by atoms with van der Waals surface area (Å²) < 4.78 is 5.72. The summed E-state index contributed by atoms with van der Waals surface area (Å²) in [5, 5.41) is 37.7. The number of aromatic hydroxyl groups is 1. The Labute approximate surface area is 168 Å². The van der Waals surface area contributed by atoms with Gasteiger partial charge in [-0.2, -0.15) is 0 Å². The fraction of sp³-hybridized carbons (Fsp3) is 0.526. The van der Waals surface area contributed by atoms with Gasteiger partial charge in [-0.05, 0) is 49.3 Å². The third-order valence-electron chi connectivity index (χ3n) is 5.26. The van der Waals surface area contributed by atoms with Crippen molar-refractivity contribution in [1.82, 2.24) is 4.90 Å². The van der Waals surface area contributed by atoms with Crippen molar-refractivity contribution < 1.29 is 34.6 Å². The Balaban J connectivity index is 1.58. The molecule has 1 unspecified atom stereocenters. The second kappa shape index (κ2) is 9.28. The first-order chi connectivity index (χ1) is 13.8. The minimum Gasteiger partial charge on any atom is -0.507 e. The van der Waals surface area contributed by atoms with E-state index in [1.54, 1.807) is 4.90 Å². The first-order valence-corrected chi connectivity index (χ1v) is 9.72. The van der Waals surface area contributed by atoms with Gasteiger partial charge >= 0.3 is 13.1 Å². The molecule has 1 aromatic rings. The number of amides is 1. The number of carbonyl (C=O) groups is 2. The second-order valence-electron chi connectivity index (χ2n) is 7.50. The van der Waals surface area contributed by atoms with Gasteiger partial charge in [0, 0.05) is 13.0 Å². The molecule has 2 aliphatic heterocycles. The van der Waals surface area contributed by atoms with E-state index in [4.69, 9.17) is 14.8 Å². The molecule has 4 N–H and O–H groups in total. The zero-order valence-corrected chi connectivity index (χ0v) is 16.0. The molecule has 0 bridgehead atoms. The van der Waals surface area contributed by atoms with E-state index < -0.39 is 18.8 Å². The molecule has 3 rings (SSSR count). The first-order valence-electron chi connectivity index (χ1n) is 9.72. The number of carboxylic acid groups (broad SMARTS) is 1. The summed E-state index contributed by atoms with van der Waals surface area (Å²) in [5.41, 5.74) is -0.0665. The van der Waals surface area contributed by atoms with Gasteiger partial charge in [0.25, 0.3) is 0 Å². The average molecular weight is 404 g/mol. The number of carboxylic acids is 1. The van der Waals surface area contributed by atoms with E-state index in [-0.39, 0.29) is 42.0 Å². The third-order valence-corrected chi connectivity index (χ3v) is 5.26. The van der Waals surface area contributed by atoms with Crippen LogP contribution in [0.2, 0.25) is 6.32 Å². The molecule has 1 saturated heterocycles. The Morgan fingerprint density at radius 2 is 2.03 bits per heavy atom. The highest BCUT2D eigenvalue weighted by Crippen LogP contribution is 2.34. The van der Waals surface area contributed by atoms with Gasteiger partial charge in [0.05, 0.1) is 13.1 Å². The largest absolute Gasteiger partial charge is 0.507 e. The number of rotatable bonds is 8. The normalized spacial score (nSPS) is 19.0. The number of likely N-dealkylation sites (tertiary alicyclic amines) is 1. The third kappa shape index (κ3) is 5.27. The maximum absolute atomic E-state index is 12.3. The zero-order valence-electron chi connectivity index (χ0n) is 16.0. The number of aliphatic imine (C=N–C) groups is 1. The molecule has 156 valence electrons. The molecular formula is C19H25BN2O7. The van der Waals surface area contributed by atoms with Gasteiger partial charge < -0.3 is 29.9 Å². The second-order valence-corrected chi connectivity index (χ2v) is 7.50. The molecule has 9 nitrogen and oxygen atoms in total. The predicted molar refractivity (Wildman–Crippen MR) is 105 cm³/mol. The van der Waals surface area contributed by atoms with Crippen LogP contribution in [0.3, 0.4) is 0 Å². The van der Waals surface area contributed by atoms with E-state index in [1.165, 1.54) is 12.1 Å². The standard InChI is InChI=1S/C19H25BN2O7/c23-16(8-12-2-1-7-21-9-12)22-10-14(11-22)29-15-4-3-13(5-6-20(27)28)18(24)17(15)19(25)26/h3-4,7,12,14,24,27-28H,1-2,5-6,8-11H2,(H,25,26). The predicted octanol–water partition coefficient (Wildman–Crippen LogP) is 0.566. The summed E-state index contributed by atoms with van der Waals surface area (Å²) in [6.07, 6.45) is 3.95. The molecule has 29 heavy (non-hydrogen) atoms. The van der Waals surface area contributed by atoms with E-state index in [0.29, 0.717) is 31.6 Å². The van der Waals surface area contributed by atoms with Crippen LogP contribution in [-0.4, -0.2) is 76.1 Å². The van der Waals surface area contributed by atoms with Crippen LogP contribution in [0, 0.1) is 5.92 Å². The molecule has 1 atom stereocenters. The fourth-order valence-corrected chi connectivity index (χ4v) is 3.56. The van der Waals surface area contributed by atoms with Crippen LogP contribution in [0.25, 0.3) is 0 Å². The minimum atomic E-state index is -1.54. The summed E-state index contributed by atoms with van der Waals surface area (Å²) in [5.74, 6) is -1.43.